The number of nitrogens with one attached hydrogen (secondary N) is 1. The second-order valence-corrected chi connectivity index (χ2v) is 4.69. The lowest BCUT2D eigenvalue weighted by atomic mass is 9.99. The van der Waals surface area contributed by atoms with Crippen molar-refractivity contribution >= 4 is 22.9 Å². The molecule has 64 valence electrons. The first kappa shape index (κ1) is 8.22. The molecule has 2 unspecified atom stereocenters. The molecule has 0 aromatic carbocycles. The summed E-state index contributed by atoms with van der Waals surface area (Å²) < 4.78 is 7.89. The van der Waals surface area contributed by atoms with Crippen molar-refractivity contribution in [2.24, 2.45) is 0 Å². The maximum Gasteiger partial charge on any atom is 0.0989 e. The summed E-state index contributed by atoms with van der Waals surface area (Å²) in [4.78, 5) is 0. The number of rotatable bonds is 1. The highest BCUT2D eigenvalue weighted by Crippen LogP contribution is 2.33. The number of hydrogen-bond donors (Lipinski definition) is 1. The van der Waals surface area contributed by atoms with E-state index in [9.17, 15) is 0 Å². The van der Waals surface area contributed by atoms with E-state index in [0.717, 1.165) is 26.1 Å². The summed E-state index contributed by atoms with van der Waals surface area (Å²) in [6, 6.07) is 0.560. The van der Waals surface area contributed by atoms with Crippen LogP contribution in [0.2, 0.25) is 0 Å². The van der Waals surface area contributed by atoms with E-state index in [1.807, 2.05) is 7.11 Å². The van der Waals surface area contributed by atoms with Gasteiger partial charge in [-0.3, -0.25) is 0 Å². The Morgan fingerprint density at radius 3 is 3.18 bits per heavy atom. The molecular formula is C7H13IN2O. The fourth-order valence-electron chi connectivity index (χ4n) is 2.10. The maximum atomic E-state index is 5.58. The Morgan fingerprint density at radius 2 is 2.55 bits per heavy atom. The summed E-state index contributed by atoms with van der Waals surface area (Å²) in [5.74, 6) is 0. The predicted octanol–water partition coefficient (Wildman–Crippen LogP) is 0.399. The Hall–Kier alpha value is 0.610. The fraction of sp³-hybridized carbons (Fsp3) is 1.00. The van der Waals surface area contributed by atoms with Crippen LogP contribution in [0.1, 0.15) is 6.42 Å². The molecule has 2 atom stereocenters. The zero-order chi connectivity index (χ0) is 7.90. The van der Waals surface area contributed by atoms with Gasteiger partial charge in [0.25, 0.3) is 0 Å². The molecule has 0 spiro atoms. The quantitative estimate of drug-likeness (QED) is 0.550. The van der Waals surface area contributed by atoms with Crippen LogP contribution in [0.25, 0.3) is 0 Å². The molecule has 0 radical (unpaired) electrons. The maximum absolute atomic E-state index is 5.58. The third-order valence-electron chi connectivity index (χ3n) is 2.80. The topological polar surface area (TPSA) is 24.5 Å². The normalized spacial score (nSPS) is 44.7. The molecule has 1 N–H and O–H groups in total. The summed E-state index contributed by atoms with van der Waals surface area (Å²) in [6.45, 7) is 3.30. The van der Waals surface area contributed by atoms with Crippen molar-refractivity contribution < 1.29 is 4.74 Å². The molecular weight excluding hydrogens is 255 g/mol. The highest BCUT2D eigenvalue weighted by molar-refractivity contribution is 14.1. The highest BCUT2D eigenvalue weighted by Gasteiger charge is 2.49. The third-order valence-corrected chi connectivity index (χ3v) is 3.54. The van der Waals surface area contributed by atoms with Crippen molar-refractivity contribution in [1.29, 1.82) is 0 Å². The van der Waals surface area contributed by atoms with Gasteiger partial charge >= 0.3 is 0 Å². The van der Waals surface area contributed by atoms with Crippen molar-refractivity contribution in [2.45, 2.75) is 18.1 Å². The van der Waals surface area contributed by atoms with Crippen molar-refractivity contribution in [3.63, 3.8) is 0 Å². The Labute approximate surface area is 81.0 Å². The van der Waals surface area contributed by atoms with Gasteiger partial charge in [0.05, 0.1) is 11.6 Å². The lowest BCUT2D eigenvalue weighted by Gasteiger charge is -2.25. The SMILES string of the molecule is COC12CCNC1CN(I)C2. The van der Waals surface area contributed by atoms with Gasteiger partial charge in [-0.2, -0.15) is 0 Å². The fourth-order valence-corrected chi connectivity index (χ4v) is 3.07. The minimum Gasteiger partial charge on any atom is -0.375 e. The number of methoxy groups -OCH3 is 1. The zero-order valence-corrected chi connectivity index (χ0v) is 8.80. The number of hydrogen-bond acceptors (Lipinski definition) is 3. The van der Waals surface area contributed by atoms with Crippen LogP contribution in [-0.2, 0) is 4.74 Å². The number of ether oxygens (including phenoxy) is 1. The lowest BCUT2D eigenvalue weighted by Crippen LogP contribution is -2.42. The molecule has 0 aromatic heterocycles. The lowest BCUT2D eigenvalue weighted by molar-refractivity contribution is 0.00379. The van der Waals surface area contributed by atoms with Crippen molar-refractivity contribution in [2.75, 3.05) is 26.7 Å². The second kappa shape index (κ2) is 2.83. The summed E-state index contributed by atoms with van der Waals surface area (Å²) >= 11 is 2.37. The first-order valence-corrected chi connectivity index (χ1v) is 4.92. The molecule has 2 saturated heterocycles. The second-order valence-electron chi connectivity index (χ2n) is 3.33. The number of halogens is 1. The van der Waals surface area contributed by atoms with E-state index in [1.54, 1.807) is 0 Å². The van der Waals surface area contributed by atoms with Gasteiger partial charge in [-0.25, -0.2) is 3.11 Å². The van der Waals surface area contributed by atoms with Gasteiger partial charge in [0, 0.05) is 43.1 Å². The Balaban J connectivity index is 2.15. The molecule has 4 heteroatoms. The molecule has 2 aliphatic heterocycles. The molecule has 2 aliphatic rings. The average molecular weight is 268 g/mol. The first-order chi connectivity index (χ1) is 5.27. The molecule has 0 aliphatic carbocycles. The number of fused-ring (bicyclic) bond motifs is 1. The predicted molar refractivity (Wildman–Crippen MR) is 51.7 cm³/mol. The molecule has 3 nitrogen and oxygen atoms in total. The van der Waals surface area contributed by atoms with Gasteiger partial charge in [-0.05, 0) is 13.0 Å². The molecule has 2 fully saturated rings. The smallest absolute Gasteiger partial charge is 0.0989 e. The molecule has 0 bridgehead atoms. The van der Waals surface area contributed by atoms with E-state index in [2.05, 4.69) is 31.3 Å². The van der Waals surface area contributed by atoms with Crippen LogP contribution in [0, 0.1) is 0 Å². The van der Waals surface area contributed by atoms with Crippen LogP contribution >= 0.6 is 22.9 Å². The monoisotopic (exact) mass is 268 g/mol. The Kier molecular flexibility index (Phi) is 2.11. The van der Waals surface area contributed by atoms with Gasteiger partial charge < -0.3 is 10.1 Å². The molecule has 2 heterocycles. The summed E-state index contributed by atoms with van der Waals surface area (Å²) in [5, 5.41) is 3.47. The molecule has 0 amide bonds. The van der Waals surface area contributed by atoms with E-state index in [1.165, 1.54) is 0 Å². The number of nitrogens with zero attached hydrogens (tertiary/aromatic N) is 1. The summed E-state index contributed by atoms with van der Waals surface area (Å²) in [6.07, 6.45) is 1.16. The molecule has 0 aromatic rings. The molecule has 11 heavy (non-hydrogen) atoms. The average Bonchev–Trinajstić information content (AvgIpc) is 2.43. The van der Waals surface area contributed by atoms with Gasteiger partial charge in [-0.15, -0.1) is 0 Å². The van der Waals surface area contributed by atoms with E-state index in [4.69, 9.17) is 4.74 Å². The highest BCUT2D eigenvalue weighted by atomic mass is 127. The van der Waals surface area contributed by atoms with Crippen LogP contribution in [0.3, 0.4) is 0 Å². The van der Waals surface area contributed by atoms with Gasteiger partial charge in [0.15, 0.2) is 0 Å². The van der Waals surface area contributed by atoms with Crippen LogP contribution in [0.15, 0.2) is 0 Å². The minimum atomic E-state index is 0.126. The van der Waals surface area contributed by atoms with Gasteiger partial charge in [0.2, 0.25) is 0 Å². The largest absolute Gasteiger partial charge is 0.375 e. The van der Waals surface area contributed by atoms with Crippen molar-refractivity contribution in [3.05, 3.63) is 0 Å². The van der Waals surface area contributed by atoms with E-state index in [0.29, 0.717) is 6.04 Å². The van der Waals surface area contributed by atoms with Crippen LogP contribution in [0.4, 0.5) is 0 Å². The Bertz CT molecular complexity index is 167. The van der Waals surface area contributed by atoms with Gasteiger partial charge in [0.1, 0.15) is 0 Å². The standard InChI is InChI=1S/C7H13IN2O/c1-11-7-2-3-9-6(7)4-10(8)5-7/h6,9H,2-5H2,1H3. The van der Waals surface area contributed by atoms with E-state index >= 15 is 0 Å². The first-order valence-electron chi connectivity index (χ1n) is 3.96. The van der Waals surface area contributed by atoms with Crippen LogP contribution in [-0.4, -0.2) is 41.5 Å². The zero-order valence-electron chi connectivity index (χ0n) is 6.64. The van der Waals surface area contributed by atoms with Gasteiger partial charge in [-0.1, -0.05) is 0 Å². The van der Waals surface area contributed by atoms with Crippen LogP contribution in [0.5, 0.6) is 0 Å². The summed E-state index contributed by atoms with van der Waals surface area (Å²) in [7, 11) is 1.83. The van der Waals surface area contributed by atoms with E-state index < -0.39 is 0 Å². The molecule has 0 saturated carbocycles. The molecule has 2 rings (SSSR count). The Morgan fingerprint density at radius 1 is 1.73 bits per heavy atom. The van der Waals surface area contributed by atoms with Crippen molar-refractivity contribution in [3.8, 4) is 0 Å². The third kappa shape index (κ3) is 1.20. The van der Waals surface area contributed by atoms with Crippen LogP contribution < -0.4 is 5.32 Å². The van der Waals surface area contributed by atoms with E-state index in [-0.39, 0.29) is 5.60 Å². The summed E-state index contributed by atoms with van der Waals surface area (Å²) in [5.41, 5.74) is 0.126. The minimum absolute atomic E-state index is 0.126. The van der Waals surface area contributed by atoms with Crippen molar-refractivity contribution in [1.82, 2.24) is 8.43 Å².